The standard InChI is InChI=1S/C19H28N4O6/c1-5-6-19(4,11-7-13(20-26)17(24)15(22-28)9(11)2)12-8-14(21-27)18(25)16(23-29)10(12)3/h7-10,17-18,24-29H,5-6H2,1-4H3. The summed E-state index contributed by atoms with van der Waals surface area (Å²) >= 11 is 0. The predicted octanol–water partition coefficient (Wildman–Crippen LogP) is 1.99. The molecule has 4 unspecified atom stereocenters. The van der Waals surface area contributed by atoms with Crippen LogP contribution in [0, 0.1) is 17.3 Å². The van der Waals surface area contributed by atoms with Gasteiger partial charge in [0.1, 0.15) is 23.6 Å². The van der Waals surface area contributed by atoms with E-state index < -0.39 is 29.5 Å². The first-order valence-corrected chi connectivity index (χ1v) is 9.39. The summed E-state index contributed by atoms with van der Waals surface area (Å²) in [6.07, 6.45) is 1.76. The molecular formula is C19H28N4O6. The van der Waals surface area contributed by atoms with E-state index in [0.717, 1.165) is 6.42 Å². The molecular weight excluding hydrogens is 380 g/mol. The van der Waals surface area contributed by atoms with Gasteiger partial charge in [-0.2, -0.15) is 0 Å². The minimum atomic E-state index is -1.35. The molecule has 0 aromatic heterocycles. The van der Waals surface area contributed by atoms with Gasteiger partial charge < -0.3 is 31.0 Å². The Morgan fingerprint density at radius 2 is 1.17 bits per heavy atom. The molecule has 0 heterocycles. The molecule has 10 nitrogen and oxygen atoms in total. The van der Waals surface area contributed by atoms with Crippen molar-refractivity contribution in [3.63, 3.8) is 0 Å². The molecule has 0 spiro atoms. The fraction of sp³-hybridized carbons (Fsp3) is 0.579. The van der Waals surface area contributed by atoms with Crippen LogP contribution in [0.3, 0.4) is 0 Å². The van der Waals surface area contributed by atoms with Crippen LogP contribution in [-0.4, -0.2) is 66.1 Å². The van der Waals surface area contributed by atoms with Gasteiger partial charge in [-0.1, -0.05) is 54.7 Å². The second kappa shape index (κ2) is 8.75. The SMILES string of the molecule is CCCC(C)(C1=CC(=NO)C(O)C(=NO)C1C)C1=CC(=NO)C(O)C(=NO)C1C. The molecule has 2 aliphatic rings. The van der Waals surface area contributed by atoms with E-state index in [1.807, 2.05) is 13.8 Å². The highest BCUT2D eigenvalue weighted by molar-refractivity contribution is 6.20. The second-order valence-electron chi connectivity index (χ2n) is 7.63. The summed E-state index contributed by atoms with van der Waals surface area (Å²) in [7, 11) is 0. The number of rotatable bonds is 4. The Balaban J connectivity index is 2.76. The van der Waals surface area contributed by atoms with Gasteiger partial charge in [-0.05, 0) is 29.7 Å². The number of aliphatic hydroxyl groups is 2. The van der Waals surface area contributed by atoms with Crippen molar-refractivity contribution in [3.8, 4) is 0 Å². The molecule has 4 atom stereocenters. The Hall–Kier alpha value is -2.72. The number of aliphatic hydroxyl groups excluding tert-OH is 2. The first-order chi connectivity index (χ1) is 13.7. The van der Waals surface area contributed by atoms with E-state index in [9.17, 15) is 31.0 Å². The van der Waals surface area contributed by atoms with Gasteiger partial charge in [0.2, 0.25) is 0 Å². The lowest BCUT2D eigenvalue weighted by Crippen LogP contribution is -2.46. The van der Waals surface area contributed by atoms with Crippen LogP contribution < -0.4 is 0 Å². The summed E-state index contributed by atoms with van der Waals surface area (Å²) in [6, 6.07) is 0. The van der Waals surface area contributed by atoms with Crippen LogP contribution in [0.1, 0.15) is 40.5 Å². The minimum Gasteiger partial charge on any atom is -0.411 e. The highest BCUT2D eigenvalue weighted by Crippen LogP contribution is 2.49. The highest BCUT2D eigenvalue weighted by atomic mass is 16.4. The van der Waals surface area contributed by atoms with Crippen molar-refractivity contribution in [2.24, 2.45) is 37.9 Å². The summed E-state index contributed by atoms with van der Waals surface area (Å²) in [5.41, 5.74) is 0.603. The first kappa shape index (κ1) is 22.6. The summed E-state index contributed by atoms with van der Waals surface area (Å²) < 4.78 is 0. The van der Waals surface area contributed by atoms with Crippen molar-refractivity contribution in [2.45, 2.75) is 52.7 Å². The second-order valence-corrected chi connectivity index (χ2v) is 7.63. The van der Waals surface area contributed by atoms with Crippen LogP contribution in [0.25, 0.3) is 0 Å². The molecule has 6 N–H and O–H groups in total. The molecule has 0 saturated heterocycles. The largest absolute Gasteiger partial charge is 0.411 e. The zero-order valence-electron chi connectivity index (χ0n) is 16.9. The van der Waals surface area contributed by atoms with Gasteiger partial charge >= 0.3 is 0 Å². The molecule has 29 heavy (non-hydrogen) atoms. The molecule has 0 aromatic rings. The number of oxime groups is 4. The van der Waals surface area contributed by atoms with Crippen molar-refractivity contribution in [3.05, 3.63) is 23.3 Å². The highest BCUT2D eigenvalue weighted by Gasteiger charge is 2.46. The van der Waals surface area contributed by atoms with Crippen molar-refractivity contribution in [1.82, 2.24) is 0 Å². The van der Waals surface area contributed by atoms with Gasteiger partial charge in [-0.15, -0.1) is 0 Å². The number of allylic oxidation sites excluding steroid dienone is 2. The Morgan fingerprint density at radius 3 is 1.45 bits per heavy atom. The van der Waals surface area contributed by atoms with Gasteiger partial charge in [0.25, 0.3) is 0 Å². The molecule has 160 valence electrons. The van der Waals surface area contributed by atoms with Crippen molar-refractivity contribution >= 4 is 22.8 Å². The van der Waals surface area contributed by atoms with E-state index in [-0.39, 0.29) is 22.8 Å². The molecule has 0 aromatic carbocycles. The van der Waals surface area contributed by atoms with Crippen LogP contribution in [0.2, 0.25) is 0 Å². The maximum atomic E-state index is 10.3. The predicted molar refractivity (Wildman–Crippen MR) is 106 cm³/mol. The van der Waals surface area contributed by atoms with Gasteiger partial charge in [-0.25, -0.2) is 0 Å². The van der Waals surface area contributed by atoms with E-state index in [1.165, 1.54) is 0 Å². The summed E-state index contributed by atoms with van der Waals surface area (Å²) in [4.78, 5) is 0. The normalized spacial score (nSPS) is 35.7. The van der Waals surface area contributed by atoms with E-state index in [4.69, 9.17) is 0 Å². The average molecular weight is 408 g/mol. The lowest BCUT2D eigenvalue weighted by molar-refractivity contribution is 0.253. The van der Waals surface area contributed by atoms with Crippen LogP contribution in [0.4, 0.5) is 0 Å². The Kier molecular flexibility index (Phi) is 6.81. The minimum absolute atomic E-state index is 0.0359. The average Bonchev–Trinajstić information content (AvgIpc) is 2.69. The summed E-state index contributed by atoms with van der Waals surface area (Å²) in [5.74, 6) is -0.998. The Bertz CT molecular complexity index is 765. The molecule has 2 aliphatic carbocycles. The molecule has 2 rings (SSSR count). The number of hydrogen-bond acceptors (Lipinski definition) is 10. The third kappa shape index (κ3) is 3.65. The Labute approximate surface area is 168 Å². The molecule has 0 bridgehead atoms. The number of nitrogens with zero attached hydrogens (tertiary/aromatic N) is 4. The summed E-state index contributed by atoms with van der Waals surface area (Å²) in [5, 5.41) is 70.8. The zero-order chi connectivity index (χ0) is 21.9. The lowest BCUT2D eigenvalue weighted by Gasteiger charge is -2.44. The number of hydrogen-bond donors (Lipinski definition) is 6. The molecule has 0 amide bonds. The molecule has 0 aliphatic heterocycles. The molecule has 10 heteroatoms. The Morgan fingerprint density at radius 1 is 0.793 bits per heavy atom. The smallest absolute Gasteiger partial charge is 0.141 e. The van der Waals surface area contributed by atoms with Crippen LogP contribution in [0.5, 0.6) is 0 Å². The first-order valence-electron chi connectivity index (χ1n) is 9.39. The van der Waals surface area contributed by atoms with Crippen LogP contribution >= 0.6 is 0 Å². The lowest BCUT2D eigenvalue weighted by atomic mass is 9.60. The van der Waals surface area contributed by atoms with E-state index >= 15 is 0 Å². The molecule has 0 fully saturated rings. The van der Waals surface area contributed by atoms with Gasteiger partial charge in [0.05, 0.1) is 11.4 Å². The zero-order valence-corrected chi connectivity index (χ0v) is 16.9. The van der Waals surface area contributed by atoms with Gasteiger partial charge in [0.15, 0.2) is 0 Å². The van der Waals surface area contributed by atoms with Gasteiger partial charge in [0, 0.05) is 17.3 Å². The van der Waals surface area contributed by atoms with Gasteiger partial charge in [-0.3, -0.25) is 0 Å². The van der Waals surface area contributed by atoms with Crippen molar-refractivity contribution < 1.29 is 31.0 Å². The molecule has 0 saturated carbocycles. The third-order valence-corrected chi connectivity index (χ3v) is 6.03. The molecule has 0 radical (unpaired) electrons. The maximum absolute atomic E-state index is 10.3. The van der Waals surface area contributed by atoms with Crippen LogP contribution in [0.15, 0.2) is 43.9 Å². The van der Waals surface area contributed by atoms with Crippen molar-refractivity contribution in [1.29, 1.82) is 0 Å². The summed E-state index contributed by atoms with van der Waals surface area (Å²) in [6.45, 7) is 7.42. The fourth-order valence-corrected chi connectivity index (χ4v) is 4.50. The third-order valence-electron chi connectivity index (χ3n) is 6.03. The fourth-order valence-electron chi connectivity index (χ4n) is 4.50. The van der Waals surface area contributed by atoms with E-state index in [1.54, 1.807) is 26.0 Å². The van der Waals surface area contributed by atoms with Crippen LogP contribution in [-0.2, 0) is 0 Å². The maximum Gasteiger partial charge on any atom is 0.141 e. The van der Waals surface area contributed by atoms with E-state index in [0.29, 0.717) is 17.6 Å². The topological polar surface area (TPSA) is 171 Å². The van der Waals surface area contributed by atoms with Crippen molar-refractivity contribution in [2.75, 3.05) is 0 Å². The monoisotopic (exact) mass is 408 g/mol. The quantitative estimate of drug-likeness (QED) is 0.307. The van der Waals surface area contributed by atoms with E-state index in [2.05, 4.69) is 20.6 Å².